The van der Waals surface area contributed by atoms with Crippen LogP contribution in [0.25, 0.3) is 0 Å². The first-order chi connectivity index (χ1) is 8.54. The summed E-state index contributed by atoms with van der Waals surface area (Å²) < 4.78 is 15.4. The molecule has 0 amide bonds. The van der Waals surface area contributed by atoms with E-state index in [-0.39, 0.29) is 12.8 Å². The Morgan fingerprint density at radius 3 is 2.94 bits per heavy atom. The second kappa shape index (κ2) is 4.86. The van der Waals surface area contributed by atoms with Gasteiger partial charge in [-0.3, -0.25) is 10.1 Å². The van der Waals surface area contributed by atoms with E-state index in [0.717, 1.165) is 17.1 Å². The molecule has 1 aromatic carbocycles. The molecule has 1 N–H and O–H groups in total. The lowest BCUT2D eigenvalue weighted by molar-refractivity contribution is -0.147. The molecule has 18 heavy (non-hydrogen) atoms. The number of fused-ring (bicyclic) bond motifs is 1. The van der Waals surface area contributed by atoms with Gasteiger partial charge >= 0.3 is 5.97 Å². The number of ether oxygens (including phenoxy) is 3. The topological polar surface area (TPSA) is 56.8 Å². The Morgan fingerprint density at radius 2 is 2.22 bits per heavy atom. The van der Waals surface area contributed by atoms with Crippen molar-refractivity contribution in [2.45, 2.75) is 25.9 Å². The third kappa shape index (κ3) is 2.41. The van der Waals surface area contributed by atoms with Crippen LogP contribution in [0.2, 0.25) is 0 Å². The van der Waals surface area contributed by atoms with E-state index < -0.39 is 5.54 Å². The number of nitrogens with one attached hydrogen (secondary N) is 1. The van der Waals surface area contributed by atoms with Gasteiger partial charge in [0.2, 0.25) is 6.79 Å². The molecule has 0 saturated heterocycles. The second-order valence-corrected chi connectivity index (χ2v) is 4.62. The molecule has 1 heterocycles. The SMILES string of the molecule is COC(=O)C(C)(C)NCc1cccc2c1OCO2. The molecular weight excluding hydrogens is 234 g/mol. The Balaban J connectivity index is 2.07. The molecule has 0 unspecified atom stereocenters. The van der Waals surface area contributed by atoms with Crippen molar-refractivity contribution >= 4 is 5.97 Å². The van der Waals surface area contributed by atoms with Crippen molar-refractivity contribution in [3.63, 3.8) is 0 Å². The number of carbonyl (C=O) groups excluding carboxylic acids is 1. The molecule has 2 rings (SSSR count). The first-order valence-corrected chi connectivity index (χ1v) is 5.75. The monoisotopic (exact) mass is 251 g/mol. The fourth-order valence-corrected chi connectivity index (χ4v) is 1.77. The molecule has 0 radical (unpaired) electrons. The molecule has 1 aliphatic heterocycles. The summed E-state index contributed by atoms with van der Waals surface area (Å²) in [6.07, 6.45) is 0. The number of methoxy groups -OCH3 is 1. The third-order valence-corrected chi connectivity index (χ3v) is 2.89. The molecule has 0 aliphatic carbocycles. The number of benzene rings is 1. The lowest BCUT2D eigenvalue weighted by Crippen LogP contribution is -2.46. The molecule has 0 atom stereocenters. The van der Waals surface area contributed by atoms with Crippen LogP contribution in [0.4, 0.5) is 0 Å². The summed E-state index contributed by atoms with van der Waals surface area (Å²) in [6.45, 7) is 4.31. The first-order valence-electron chi connectivity index (χ1n) is 5.75. The minimum Gasteiger partial charge on any atom is -0.468 e. The summed E-state index contributed by atoms with van der Waals surface area (Å²) >= 11 is 0. The predicted molar refractivity (Wildman–Crippen MR) is 65.5 cm³/mol. The number of carbonyl (C=O) groups is 1. The van der Waals surface area contributed by atoms with Gasteiger partial charge in [-0.15, -0.1) is 0 Å². The van der Waals surface area contributed by atoms with E-state index in [1.807, 2.05) is 18.2 Å². The molecule has 0 bridgehead atoms. The Labute approximate surface area is 106 Å². The van der Waals surface area contributed by atoms with Gasteiger partial charge in [-0.1, -0.05) is 12.1 Å². The number of rotatable bonds is 4. The van der Waals surface area contributed by atoms with E-state index in [1.54, 1.807) is 13.8 Å². The molecule has 98 valence electrons. The van der Waals surface area contributed by atoms with Crippen LogP contribution in [-0.2, 0) is 16.1 Å². The van der Waals surface area contributed by atoms with E-state index in [1.165, 1.54) is 7.11 Å². The average molecular weight is 251 g/mol. The summed E-state index contributed by atoms with van der Waals surface area (Å²) in [4.78, 5) is 11.5. The van der Waals surface area contributed by atoms with Crippen molar-refractivity contribution in [2.24, 2.45) is 0 Å². The van der Waals surface area contributed by atoms with Gasteiger partial charge in [-0.2, -0.15) is 0 Å². The molecule has 5 heteroatoms. The minimum atomic E-state index is -0.739. The summed E-state index contributed by atoms with van der Waals surface area (Å²) in [5.74, 6) is 1.18. The van der Waals surface area contributed by atoms with Crippen LogP contribution >= 0.6 is 0 Å². The third-order valence-electron chi connectivity index (χ3n) is 2.89. The maximum absolute atomic E-state index is 11.5. The van der Waals surface area contributed by atoms with Gasteiger partial charge in [-0.25, -0.2) is 0 Å². The number of esters is 1. The molecule has 1 aliphatic rings. The molecule has 1 aromatic rings. The highest BCUT2D eigenvalue weighted by Gasteiger charge is 2.28. The summed E-state index contributed by atoms with van der Waals surface area (Å²) in [5, 5.41) is 3.15. The van der Waals surface area contributed by atoms with Crippen molar-refractivity contribution < 1.29 is 19.0 Å². The zero-order valence-electron chi connectivity index (χ0n) is 10.8. The summed E-state index contributed by atoms with van der Waals surface area (Å²) in [6, 6.07) is 5.70. The fourth-order valence-electron chi connectivity index (χ4n) is 1.77. The number of para-hydroxylation sites is 1. The highest BCUT2D eigenvalue weighted by atomic mass is 16.7. The molecule has 5 nitrogen and oxygen atoms in total. The standard InChI is InChI=1S/C13H17NO4/c1-13(2,12(15)16-3)14-7-9-5-4-6-10-11(9)18-8-17-10/h4-6,14H,7-8H2,1-3H3. The Kier molecular flexibility index (Phi) is 3.43. The Hall–Kier alpha value is -1.75. The summed E-state index contributed by atoms with van der Waals surface area (Å²) in [5.41, 5.74) is 0.221. The second-order valence-electron chi connectivity index (χ2n) is 4.62. The number of hydrogen-bond acceptors (Lipinski definition) is 5. The van der Waals surface area contributed by atoms with Crippen LogP contribution in [0, 0.1) is 0 Å². The van der Waals surface area contributed by atoms with E-state index in [2.05, 4.69) is 5.32 Å². The molecule has 0 fully saturated rings. The van der Waals surface area contributed by atoms with Gasteiger partial charge in [0, 0.05) is 12.1 Å². The van der Waals surface area contributed by atoms with Gasteiger partial charge in [0.25, 0.3) is 0 Å². The van der Waals surface area contributed by atoms with Crippen LogP contribution in [0.1, 0.15) is 19.4 Å². The van der Waals surface area contributed by atoms with Crippen molar-refractivity contribution in [1.29, 1.82) is 0 Å². The Morgan fingerprint density at radius 1 is 1.44 bits per heavy atom. The maximum atomic E-state index is 11.5. The van der Waals surface area contributed by atoms with Crippen LogP contribution in [0.3, 0.4) is 0 Å². The van der Waals surface area contributed by atoms with Crippen molar-refractivity contribution in [3.8, 4) is 11.5 Å². The van der Waals surface area contributed by atoms with Crippen LogP contribution in [0.15, 0.2) is 18.2 Å². The molecular formula is C13H17NO4. The Bertz CT molecular complexity index is 456. The summed E-state index contributed by atoms with van der Waals surface area (Å²) in [7, 11) is 1.38. The fraction of sp³-hybridized carbons (Fsp3) is 0.462. The van der Waals surface area contributed by atoms with Gasteiger partial charge in [0.05, 0.1) is 7.11 Å². The minimum absolute atomic E-state index is 0.243. The zero-order valence-corrected chi connectivity index (χ0v) is 10.8. The zero-order chi connectivity index (χ0) is 13.2. The highest BCUT2D eigenvalue weighted by molar-refractivity contribution is 5.79. The van der Waals surface area contributed by atoms with Crippen LogP contribution < -0.4 is 14.8 Å². The van der Waals surface area contributed by atoms with Gasteiger partial charge in [-0.05, 0) is 19.9 Å². The maximum Gasteiger partial charge on any atom is 0.325 e. The first kappa shape index (κ1) is 12.7. The van der Waals surface area contributed by atoms with Crippen molar-refractivity contribution in [3.05, 3.63) is 23.8 Å². The van der Waals surface area contributed by atoms with Gasteiger partial charge in [0.1, 0.15) is 5.54 Å². The van der Waals surface area contributed by atoms with Crippen LogP contribution in [-0.4, -0.2) is 25.4 Å². The van der Waals surface area contributed by atoms with Crippen molar-refractivity contribution in [1.82, 2.24) is 5.32 Å². The highest BCUT2D eigenvalue weighted by Crippen LogP contribution is 2.35. The lowest BCUT2D eigenvalue weighted by atomic mass is 10.1. The quantitative estimate of drug-likeness (QED) is 0.821. The lowest BCUT2D eigenvalue weighted by Gasteiger charge is -2.23. The normalized spacial score (nSPS) is 13.5. The van der Waals surface area contributed by atoms with Gasteiger partial charge in [0.15, 0.2) is 11.5 Å². The molecule has 0 spiro atoms. The van der Waals surface area contributed by atoms with E-state index in [9.17, 15) is 4.79 Å². The van der Waals surface area contributed by atoms with E-state index in [0.29, 0.717) is 6.54 Å². The number of hydrogen-bond donors (Lipinski definition) is 1. The smallest absolute Gasteiger partial charge is 0.325 e. The van der Waals surface area contributed by atoms with Crippen molar-refractivity contribution in [2.75, 3.05) is 13.9 Å². The van der Waals surface area contributed by atoms with Crippen LogP contribution in [0.5, 0.6) is 11.5 Å². The largest absolute Gasteiger partial charge is 0.468 e. The molecule has 0 aromatic heterocycles. The van der Waals surface area contributed by atoms with E-state index >= 15 is 0 Å². The van der Waals surface area contributed by atoms with Gasteiger partial charge < -0.3 is 14.2 Å². The van der Waals surface area contributed by atoms with E-state index in [4.69, 9.17) is 14.2 Å². The molecule has 0 saturated carbocycles. The average Bonchev–Trinajstić information content (AvgIpc) is 2.84. The predicted octanol–water partition coefficient (Wildman–Crippen LogP) is 1.46.